The molecule has 2 aliphatic carbocycles. The van der Waals surface area contributed by atoms with Crippen LogP contribution >= 0.6 is 0 Å². The van der Waals surface area contributed by atoms with Crippen molar-refractivity contribution in [1.29, 1.82) is 0 Å². The number of ether oxygens (including phenoxy) is 1. The number of aliphatic hydroxyl groups excluding tert-OH is 1. The maximum atomic E-state index is 12.9. The molecular formula is C17H30N2O3. The summed E-state index contributed by atoms with van der Waals surface area (Å²) in [5.41, 5.74) is -0.361. The molecule has 0 unspecified atom stereocenters. The molecule has 5 heteroatoms. The minimum absolute atomic E-state index is 0.0995. The highest BCUT2D eigenvalue weighted by molar-refractivity contribution is 5.87. The molecule has 22 heavy (non-hydrogen) atoms. The van der Waals surface area contributed by atoms with E-state index in [1.54, 1.807) is 0 Å². The molecule has 0 bridgehead atoms. The monoisotopic (exact) mass is 310 g/mol. The Labute approximate surface area is 133 Å². The number of likely N-dealkylation sites (N-methyl/N-ethyl adjacent to an activating group) is 1. The summed E-state index contributed by atoms with van der Waals surface area (Å²) in [7, 11) is 4.03. The van der Waals surface area contributed by atoms with E-state index in [0.29, 0.717) is 12.5 Å². The summed E-state index contributed by atoms with van der Waals surface area (Å²) in [6.07, 6.45) is 5.51. The van der Waals surface area contributed by atoms with E-state index in [-0.39, 0.29) is 23.2 Å². The molecule has 1 N–H and O–H groups in total. The minimum Gasteiger partial charge on any atom is -0.392 e. The number of carbonyl (C=O) groups is 1. The van der Waals surface area contributed by atoms with Crippen molar-refractivity contribution in [2.45, 2.75) is 63.2 Å². The van der Waals surface area contributed by atoms with Crippen LogP contribution in [-0.2, 0) is 9.53 Å². The largest absolute Gasteiger partial charge is 0.392 e. The van der Waals surface area contributed by atoms with Gasteiger partial charge in [0.05, 0.1) is 12.2 Å². The van der Waals surface area contributed by atoms with E-state index in [4.69, 9.17) is 4.74 Å². The molecule has 3 aliphatic rings. The predicted octanol–water partition coefficient (Wildman–Crippen LogP) is 1.25. The standard InChI is InChI=1S/C17H30N2O3/c1-4-22-14-12-13(20)16(14)8-10-19(11-9-16)15(21)17(18(2)3)6-5-7-17/h13-14,20H,4-12H2,1-3H3/t13-,14-/m0/s1. The molecule has 0 aromatic carbocycles. The fraction of sp³-hybridized carbons (Fsp3) is 0.941. The van der Waals surface area contributed by atoms with Crippen LogP contribution in [0.2, 0.25) is 0 Å². The third-order valence-electron chi connectivity index (χ3n) is 6.53. The summed E-state index contributed by atoms with van der Waals surface area (Å²) >= 11 is 0. The number of carbonyl (C=O) groups excluding carboxylic acids is 1. The maximum Gasteiger partial charge on any atom is 0.243 e. The zero-order chi connectivity index (χ0) is 16.0. The number of nitrogens with zero attached hydrogens (tertiary/aromatic N) is 2. The van der Waals surface area contributed by atoms with Crippen molar-refractivity contribution in [2.24, 2.45) is 5.41 Å². The van der Waals surface area contributed by atoms with Crippen LogP contribution in [0, 0.1) is 5.41 Å². The lowest BCUT2D eigenvalue weighted by molar-refractivity contribution is -0.211. The Morgan fingerprint density at radius 3 is 2.32 bits per heavy atom. The van der Waals surface area contributed by atoms with Crippen molar-refractivity contribution in [3.05, 3.63) is 0 Å². The average molecular weight is 310 g/mol. The quantitative estimate of drug-likeness (QED) is 0.849. The van der Waals surface area contributed by atoms with E-state index in [1.165, 1.54) is 0 Å². The third kappa shape index (κ3) is 2.21. The number of likely N-dealkylation sites (tertiary alicyclic amines) is 1. The van der Waals surface area contributed by atoms with Gasteiger partial charge in [0.25, 0.3) is 0 Å². The van der Waals surface area contributed by atoms with Crippen LogP contribution in [0.4, 0.5) is 0 Å². The molecule has 0 aromatic heterocycles. The molecule has 1 heterocycles. The number of piperidine rings is 1. The first-order valence-electron chi connectivity index (χ1n) is 8.73. The normalized spacial score (nSPS) is 32.7. The number of rotatable bonds is 4. The molecule has 1 aliphatic heterocycles. The van der Waals surface area contributed by atoms with Gasteiger partial charge in [-0.3, -0.25) is 9.69 Å². The van der Waals surface area contributed by atoms with Gasteiger partial charge >= 0.3 is 0 Å². The summed E-state index contributed by atoms with van der Waals surface area (Å²) < 4.78 is 5.80. The van der Waals surface area contributed by atoms with Gasteiger partial charge in [0.2, 0.25) is 5.91 Å². The highest BCUT2D eigenvalue weighted by Crippen LogP contribution is 2.51. The molecule has 0 aromatic rings. The van der Waals surface area contributed by atoms with Crippen LogP contribution in [0.5, 0.6) is 0 Å². The van der Waals surface area contributed by atoms with E-state index < -0.39 is 0 Å². The van der Waals surface area contributed by atoms with Crippen LogP contribution in [0.3, 0.4) is 0 Å². The van der Waals surface area contributed by atoms with E-state index >= 15 is 0 Å². The number of aliphatic hydroxyl groups is 1. The van der Waals surface area contributed by atoms with Crippen molar-refractivity contribution in [3.63, 3.8) is 0 Å². The van der Waals surface area contributed by atoms with E-state index in [0.717, 1.165) is 51.6 Å². The zero-order valence-electron chi connectivity index (χ0n) is 14.2. The van der Waals surface area contributed by atoms with Gasteiger partial charge in [-0.2, -0.15) is 0 Å². The van der Waals surface area contributed by atoms with Crippen molar-refractivity contribution in [2.75, 3.05) is 33.8 Å². The van der Waals surface area contributed by atoms with Gasteiger partial charge in [-0.25, -0.2) is 0 Å². The van der Waals surface area contributed by atoms with E-state index in [2.05, 4.69) is 4.90 Å². The van der Waals surface area contributed by atoms with E-state index in [9.17, 15) is 9.90 Å². The van der Waals surface area contributed by atoms with Crippen molar-refractivity contribution in [1.82, 2.24) is 9.80 Å². The van der Waals surface area contributed by atoms with Gasteiger partial charge in [0.15, 0.2) is 0 Å². The highest BCUT2D eigenvalue weighted by Gasteiger charge is 2.57. The number of amides is 1. The van der Waals surface area contributed by atoms with Gasteiger partial charge < -0.3 is 14.7 Å². The second-order valence-electron chi connectivity index (χ2n) is 7.50. The lowest BCUT2D eigenvalue weighted by Gasteiger charge is -2.57. The van der Waals surface area contributed by atoms with Crippen molar-refractivity contribution in [3.8, 4) is 0 Å². The first-order chi connectivity index (χ1) is 10.5. The van der Waals surface area contributed by atoms with Crippen LogP contribution in [0.1, 0.15) is 45.4 Å². The molecule has 5 nitrogen and oxygen atoms in total. The summed E-state index contributed by atoms with van der Waals surface area (Å²) in [4.78, 5) is 17.1. The predicted molar refractivity (Wildman–Crippen MR) is 84.6 cm³/mol. The van der Waals surface area contributed by atoms with Gasteiger partial charge in [0, 0.05) is 31.5 Å². The topological polar surface area (TPSA) is 53.0 Å². The summed E-state index contributed by atoms with van der Waals surface area (Å²) in [5.74, 6) is 0.292. The Balaban J connectivity index is 1.63. The molecule has 3 fully saturated rings. The van der Waals surface area contributed by atoms with Gasteiger partial charge in [-0.1, -0.05) is 0 Å². The Hall–Kier alpha value is -0.650. The third-order valence-corrected chi connectivity index (χ3v) is 6.53. The first-order valence-corrected chi connectivity index (χ1v) is 8.73. The molecule has 1 saturated heterocycles. The van der Waals surface area contributed by atoms with Crippen LogP contribution in [-0.4, -0.2) is 72.4 Å². The average Bonchev–Trinajstić information content (AvgIpc) is 2.45. The summed E-state index contributed by atoms with van der Waals surface area (Å²) in [6, 6.07) is 0. The van der Waals surface area contributed by atoms with Gasteiger partial charge in [-0.05, 0) is 53.1 Å². The van der Waals surface area contributed by atoms with Crippen molar-refractivity contribution < 1.29 is 14.6 Å². The summed E-state index contributed by atoms with van der Waals surface area (Å²) in [5, 5.41) is 10.3. The van der Waals surface area contributed by atoms with Gasteiger partial charge in [0.1, 0.15) is 5.54 Å². The Morgan fingerprint density at radius 2 is 1.91 bits per heavy atom. The van der Waals surface area contributed by atoms with E-state index in [1.807, 2.05) is 25.9 Å². The number of hydrogen-bond acceptors (Lipinski definition) is 4. The molecule has 2 saturated carbocycles. The molecule has 2 atom stereocenters. The van der Waals surface area contributed by atoms with Gasteiger partial charge in [-0.15, -0.1) is 0 Å². The molecule has 1 spiro atoms. The van der Waals surface area contributed by atoms with Crippen LogP contribution in [0.15, 0.2) is 0 Å². The molecule has 126 valence electrons. The fourth-order valence-electron chi connectivity index (χ4n) is 4.60. The lowest BCUT2D eigenvalue weighted by Crippen LogP contribution is -2.66. The second-order valence-corrected chi connectivity index (χ2v) is 7.50. The Kier molecular flexibility index (Phi) is 4.25. The smallest absolute Gasteiger partial charge is 0.243 e. The molecule has 0 radical (unpaired) electrons. The second kappa shape index (κ2) is 5.77. The van der Waals surface area contributed by atoms with Crippen molar-refractivity contribution >= 4 is 5.91 Å². The molecule has 1 amide bonds. The first kappa shape index (κ1) is 16.2. The molecular weight excluding hydrogens is 280 g/mol. The summed E-state index contributed by atoms with van der Waals surface area (Å²) in [6.45, 7) is 4.23. The zero-order valence-corrected chi connectivity index (χ0v) is 14.2. The van der Waals surface area contributed by atoms with Crippen LogP contribution < -0.4 is 0 Å². The Bertz CT molecular complexity index is 424. The highest BCUT2D eigenvalue weighted by atomic mass is 16.5. The Morgan fingerprint density at radius 1 is 1.27 bits per heavy atom. The lowest BCUT2D eigenvalue weighted by atomic mass is 9.58. The van der Waals surface area contributed by atoms with Crippen LogP contribution in [0.25, 0.3) is 0 Å². The SMILES string of the molecule is CCO[C@H]1C[C@H](O)C12CCN(C(=O)C1(N(C)C)CCC1)CC2. The minimum atomic E-state index is -0.262. The molecule has 3 rings (SSSR count). The fourth-order valence-corrected chi connectivity index (χ4v) is 4.60. The number of hydrogen-bond donors (Lipinski definition) is 1. The maximum absolute atomic E-state index is 12.9.